The summed E-state index contributed by atoms with van der Waals surface area (Å²) < 4.78 is 28.5. The maximum absolute atomic E-state index is 12.1. The van der Waals surface area contributed by atoms with Crippen LogP contribution in [0.3, 0.4) is 0 Å². The number of hydrogen-bond donors (Lipinski definition) is 1. The third-order valence-electron chi connectivity index (χ3n) is 4.85. The van der Waals surface area contributed by atoms with Gasteiger partial charge >= 0.3 is 6.61 Å². The molecular weight excluding hydrogens is 276 g/mol. The van der Waals surface area contributed by atoms with Gasteiger partial charge in [0.05, 0.1) is 6.10 Å². The van der Waals surface area contributed by atoms with Crippen molar-refractivity contribution in [2.24, 2.45) is 5.41 Å². The minimum Gasteiger partial charge on any atom is -0.435 e. The molecule has 1 heterocycles. The topological polar surface area (TPSA) is 32.7 Å². The quantitative estimate of drug-likeness (QED) is 0.906. The monoisotopic (exact) mass is 297 g/mol. The highest BCUT2D eigenvalue weighted by Crippen LogP contribution is 2.48. The molecule has 21 heavy (non-hydrogen) atoms. The lowest BCUT2D eigenvalue weighted by molar-refractivity contribution is -0.0498. The zero-order valence-corrected chi connectivity index (χ0v) is 12.0. The number of β-amino-alcohol motifs (C(OH)–C–C–N with tert-alkyl or cyclic N) is 1. The Balaban J connectivity index is 1.54. The summed E-state index contributed by atoms with van der Waals surface area (Å²) in [6.45, 7) is -0.0825. The second kappa shape index (κ2) is 5.89. The van der Waals surface area contributed by atoms with E-state index in [1.54, 1.807) is 12.1 Å². The highest BCUT2D eigenvalue weighted by Gasteiger charge is 2.42. The molecule has 1 N–H and O–H groups in total. The van der Waals surface area contributed by atoms with Crippen LogP contribution in [0.15, 0.2) is 24.3 Å². The predicted octanol–water partition coefficient (Wildman–Crippen LogP) is 3.20. The van der Waals surface area contributed by atoms with Crippen molar-refractivity contribution in [1.29, 1.82) is 0 Å². The first-order valence-electron chi connectivity index (χ1n) is 7.52. The lowest BCUT2D eigenvalue weighted by Gasteiger charge is -2.38. The van der Waals surface area contributed by atoms with E-state index in [0.717, 1.165) is 18.7 Å². The van der Waals surface area contributed by atoms with Crippen LogP contribution < -0.4 is 4.74 Å². The molecule has 1 saturated carbocycles. The molecule has 116 valence electrons. The van der Waals surface area contributed by atoms with Crippen LogP contribution in [-0.4, -0.2) is 36.3 Å². The van der Waals surface area contributed by atoms with E-state index in [4.69, 9.17) is 0 Å². The summed E-state index contributed by atoms with van der Waals surface area (Å²) in [7, 11) is 0. The molecule has 2 aliphatic rings. The normalized spacial score (nSPS) is 22.5. The van der Waals surface area contributed by atoms with Gasteiger partial charge in [-0.15, -0.1) is 0 Å². The van der Waals surface area contributed by atoms with Crippen molar-refractivity contribution in [3.63, 3.8) is 0 Å². The van der Waals surface area contributed by atoms with Crippen LogP contribution in [0.1, 0.15) is 37.4 Å². The van der Waals surface area contributed by atoms with Crippen molar-refractivity contribution in [1.82, 2.24) is 4.90 Å². The van der Waals surface area contributed by atoms with Gasteiger partial charge in [-0.05, 0) is 48.9 Å². The molecule has 1 aromatic rings. The number of rotatable bonds is 5. The zero-order valence-electron chi connectivity index (χ0n) is 12.0. The average molecular weight is 297 g/mol. The van der Waals surface area contributed by atoms with Gasteiger partial charge in [-0.1, -0.05) is 18.6 Å². The number of nitrogens with zero attached hydrogens (tertiary/aromatic N) is 1. The van der Waals surface area contributed by atoms with Gasteiger partial charge in [-0.25, -0.2) is 0 Å². The van der Waals surface area contributed by atoms with E-state index in [1.165, 1.54) is 37.8 Å². The maximum Gasteiger partial charge on any atom is 0.387 e. The standard InChI is InChI=1S/C16H21F2NO2/c17-15(18)21-13-4-2-12(3-5-13)14(20)10-19-9-8-16(11-19)6-1-7-16/h2-5,14-15,20H,1,6-11H2. The molecule has 0 aromatic heterocycles. The van der Waals surface area contributed by atoms with Gasteiger partial charge in [-0.3, -0.25) is 4.90 Å². The molecule has 1 unspecified atom stereocenters. The van der Waals surface area contributed by atoms with Gasteiger partial charge in [0.25, 0.3) is 0 Å². The fourth-order valence-electron chi connectivity index (χ4n) is 3.49. The SMILES string of the molecule is OC(CN1CCC2(CCC2)C1)c1ccc(OC(F)F)cc1. The second-order valence-electron chi connectivity index (χ2n) is 6.30. The van der Waals surface area contributed by atoms with Crippen molar-refractivity contribution < 1.29 is 18.6 Å². The first-order valence-corrected chi connectivity index (χ1v) is 7.52. The lowest BCUT2D eigenvalue weighted by Crippen LogP contribution is -2.34. The first-order chi connectivity index (χ1) is 10.1. The molecular formula is C16H21F2NO2. The Morgan fingerprint density at radius 2 is 1.90 bits per heavy atom. The van der Waals surface area contributed by atoms with Crippen molar-refractivity contribution in [2.75, 3.05) is 19.6 Å². The third kappa shape index (κ3) is 3.35. The van der Waals surface area contributed by atoms with Crippen molar-refractivity contribution in [2.45, 2.75) is 38.4 Å². The number of ether oxygens (including phenoxy) is 1. The Hall–Kier alpha value is -1.20. The van der Waals surface area contributed by atoms with E-state index in [0.29, 0.717) is 12.0 Å². The molecule has 2 fully saturated rings. The van der Waals surface area contributed by atoms with Gasteiger partial charge in [0.15, 0.2) is 0 Å². The highest BCUT2D eigenvalue weighted by atomic mass is 19.3. The van der Waals surface area contributed by atoms with Gasteiger partial charge in [-0.2, -0.15) is 8.78 Å². The zero-order chi connectivity index (χ0) is 14.9. The van der Waals surface area contributed by atoms with E-state index < -0.39 is 12.7 Å². The lowest BCUT2D eigenvalue weighted by atomic mass is 9.68. The average Bonchev–Trinajstić information content (AvgIpc) is 2.83. The molecule has 1 spiro atoms. The van der Waals surface area contributed by atoms with Crippen LogP contribution in [0.2, 0.25) is 0 Å². The van der Waals surface area contributed by atoms with Crippen LogP contribution in [0.25, 0.3) is 0 Å². The van der Waals surface area contributed by atoms with E-state index in [9.17, 15) is 13.9 Å². The number of alkyl halides is 2. The molecule has 3 rings (SSSR count). The van der Waals surface area contributed by atoms with Gasteiger partial charge < -0.3 is 9.84 Å². The van der Waals surface area contributed by atoms with E-state index in [1.807, 2.05) is 0 Å². The molecule has 1 aromatic carbocycles. The third-order valence-corrected chi connectivity index (χ3v) is 4.85. The maximum atomic E-state index is 12.1. The van der Waals surface area contributed by atoms with Crippen molar-refractivity contribution in [3.8, 4) is 5.75 Å². The fraction of sp³-hybridized carbons (Fsp3) is 0.625. The van der Waals surface area contributed by atoms with Gasteiger partial charge in [0, 0.05) is 13.1 Å². The summed E-state index contributed by atoms with van der Waals surface area (Å²) in [5.41, 5.74) is 1.26. The van der Waals surface area contributed by atoms with E-state index >= 15 is 0 Å². The summed E-state index contributed by atoms with van der Waals surface area (Å²) in [6.07, 6.45) is 4.63. The Morgan fingerprint density at radius 3 is 2.43 bits per heavy atom. The number of aliphatic hydroxyl groups is 1. The Labute approximate surface area is 123 Å². The molecule has 1 atom stereocenters. The summed E-state index contributed by atoms with van der Waals surface area (Å²) in [5, 5.41) is 10.3. The summed E-state index contributed by atoms with van der Waals surface area (Å²) in [6, 6.07) is 6.25. The van der Waals surface area contributed by atoms with Crippen LogP contribution in [0, 0.1) is 5.41 Å². The van der Waals surface area contributed by atoms with Crippen LogP contribution in [0.4, 0.5) is 8.78 Å². The fourth-order valence-corrected chi connectivity index (χ4v) is 3.49. The van der Waals surface area contributed by atoms with Gasteiger partial charge in [0.1, 0.15) is 5.75 Å². The number of aliphatic hydroxyl groups excluding tert-OH is 1. The van der Waals surface area contributed by atoms with Crippen molar-refractivity contribution >= 4 is 0 Å². The Kier molecular flexibility index (Phi) is 4.13. The summed E-state index contributed by atoms with van der Waals surface area (Å²) in [4.78, 5) is 2.31. The first kappa shape index (κ1) is 14.7. The number of benzene rings is 1. The largest absolute Gasteiger partial charge is 0.435 e. The molecule has 0 bridgehead atoms. The molecule has 1 aliphatic carbocycles. The van der Waals surface area contributed by atoms with E-state index in [-0.39, 0.29) is 5.75 Å². The molecule has 3 nitrogen and oxygen atoms in total. The summed E-state index contributed by atoms with van der Waals surface area (Å²) in [5.74, 6) is 0.121. The van der Waals surface area contributed by atoms with Crippen LogP contribution in [0.5, 0.6) is 5.75 Å². The molecule has 1 saturated heterocycles. The minimum absolute atomic E-state index is 0.121. The predicted molar refractivity (Wildman–Crippen MR) is 75.4 cm³/mol. The number of halogens is 2. The Morgan fingerprint density at radius 1 is 1.19 bits per heavy atom. The number of hydrogen-bond acceptors (Lipinski definition) is 3. The molecule has 1 aliphatic heterocycles. The number of likely N-dealkylation sites (tertiary alicyclic amines) is 1. The smallest absolute Gasteiger partial charge is 0.387 e. The van der Waals surface area contributed by atoms with Crippen molar-refractivity contribution in [3.05, 3.63) is 29.8 Å². The van der Waals surface area contributed by atoms with Crippen LogP contribution >= 0.6 is 0 Å². The van der Waals surface area contributed by atoms with E-state index in [2.05, 4.69) is 9.64 Å². The van der Waals surface area contributed by atoms with Gasteiger partial charge in [0.2, 0.25) is 0 Å². The molecule has 0 radical (unpaired) electrons. The highest BCUT2D eigenvalue weighted by molar-refractivity contribution is 5.28. The molecule has 0 amide bonds. The minimum atomic E-state index is -2.82. The Bertz CT molecular complexity index is 474. The van der Waals surface area contributed by atoms with Crippen LogP contribution in [-0.2, 0) is 0 Å². The second-order valence-corrected chi connectivity index (χ2v) is 6.30. The molecule has 5 heteroatoms. The summed E-state index contributed by atoms with van der Waals surface area (Å²) >= 11 is 0.